The van der Waals surface area contributed by atoms with Gasteiger partial charge in [-0.1, -0.05) is 6.92 Å². The van der Waals surface area contributed by atoms with Crippen LogP contribution in [0.15, 0.2) is 18.2 Å². The third kappa shape index (κ3) is 6.03. The molecule has 0 aliphatic rings. The molecule has 1 amide bonds. The van der Waals surface area contributed by atoms with E-state index in [1.54, 1.807) is 13.2 Å². The summed E-state index contributed by atoms with van der Waals surface area (Å²) in [5.74, 6) is 0.643. The predicted molar refractivity (Wildman–Crippen MR) is 86.4 cm³/mol. The van der Waals surface area contributed by atoms with Gasteiger partial charge in [0.25, 0.3) is 5.91 Å². The monoisotopic (exact) mass is 309 g/mol. The number of ether oxygens (including phenoxy) is 3. The van der Waals surface area contributed by atoms with Gasteiger partial charge in [-0.25, -0.2) is 0 Å². The SMILES string of the molecule is CCCOCc1cc(C(=O)N[C@H](C)COC)ccc1OCC. The van der Waals surface area contributed by atoms with Gasteiger partial charge in [0.1, 0.15) is 5.75 Å². The second kappa shape index (κ2) is 10.2. The molecule has 0 spiro atoms. The molecule has 1 N–H and O–H groups in total. The molecule has 0 saturated carbocycles. The molecule has 5 heteroatoms. The van der Waals surface area contributed by atoms with Crippen LogP contribution in [0.2, 0.25) is 0 Å². The van der Waals surface area contributed by atoms with Crippen molar-refractivity contribution < 1.29 is 19.0 Å². The van der Waals surface area contributed by atoms with Crippen LogP contribution >= 0.6 is 0 Å². The third-order valence-electron chi connectivity index (χ3n) is 3.02. The summed E-state index contributed by atoms with van der Waals surface area (Å²) in [5, 5.41) is 2.90. The maximum Gasteiger partial charge on any atom is 0.251 e. The minimum atomic E-state index is -0.121. The number of benzene rings is 1. The van der Waals surface area contributed by atoms with Crippen LogP contribution in [0, 0.1) is 0 Å². The Morgan fingerprint density at radius 3 is 2.73 bits per heavy atom. The van der Waals surface area contributed by atoms with Crippen molar-refractivity contribution in [2.45, 2.75) is 39.8 Å². The minimum absolute atomic E-state index is 0.0381. The van der Waals surface area contributed by atoms with Gasteiger partial charge in [-0.05, 0) is 38.5 Å². The molecule has 1 aromatic carbocycles. The second-order valence-corrected chi connectivity index (χ2v) is 5.14. The Labute approximate surface area is 132 Å². The van der Waals surface area contributed by atoms with Crippen LogP contribution in [0.25, 0.3) is 0 Å². The molecule has 0 radical (unpaired) electrons. The van der Waals surface area contributed by atoms with Crippen LogP contribution in [0.1, 0.15) is 43.1 Å². The smallest absolute Gasteiger partial charge is 0.251 e. The minimum Gasteiger partial charge on any atom is -0.494 e. The molecule has 1 rings (SSSR count). The number of amides is 1. The average molecular weight is 309 g/mol. The second-order valence-electron chi connectivity index (χ2n) is 5.14. The molecule has 0 bridgehead atoms. The van der Waals surface area contributed by atoms with Crippen LogP contribution in [-0.2, 0) is 16.1 Å². The third-order valence-corrected chi connectivity index (χ3v) is 3.02. The Morgan fingerprint density at radius 1 is 1.32 bits per heavy atom. The fraction of sp³-hybridized carbons (Fsp3) is 0.588. The first kappa shape index (κ1) is 18.5. The molecular formula is C17H27NO4. The van der Waals surface area contributed by atoms with Crippen molar-refractivity contribution in [3.63, 3.8) is 0 Å². The van der Waals surface area contributed by atoms with E-state index in [0.717, 1.165) is 17.7 Å². The molecule has 0 heterocycles. The molecule has 0 aromatic heterocycles. The van der Waals surface area contributed by atoms with Crippen LogP contribution in [-0.4, -0.2) is 38.9 Å². The lowest BCUT2D eigenvalue weighted by Crippen LogP contribution is -2.35. The zero-order chi connectivity index (χ0) is 16.4. The van der Waals surface area contributed by atoms with E-state index in [4.69, 9.17) is 14.2 Å². The van der Waals surface area contributed by atoms with Crippen molar-refractivity contribution in [3.8, 4) is 5.75 Å². The van der Waals surface area contributed by atoms with Gasteiger partial charge in [-0.2, -0.15) is 0 Å². The van der Waals surface area contributed by atoms with Crippen LogP contribution < -0.4 is 10.1 Å². The van der Waals surface area contributed by atoms with E-state index in [9.17, 15) is 4.79 Å². The first-order valence-electron chi connectivity index (χ1n) is 7.75. The number of methoxy groups -OCH3 is 1. The summed E-state index contributed by atoms with van der Waals surface area (Å²) >= 11 is 0. The van der Waals surface area contributed by atoms with Crippen molar-refractivity contribution in [3.05, 3.63) is 29.3 Å². The number of hydrogen-bond acceptors (Lipinski definition) is 4. The number of carbonyl (C=O) groups is 1. The summed E-state index contributed by atoms with van der Waals surface area (Å²) in [7, 11) is 1.61. The number of carbonyl (C=O) groups excluding carboxylic acids is 1. The van der Waals surface area contributed by atoms with Crippen molar-refractivity contribution >= 4 is 5.91 Å². The maximum absolute atomic E-state index is 12.2. The Kier molecular flexibility index (Phi) is 8.55. The standard InChI is InChI=1S/C17H27NO4/c1-5-9-21-12-15-10-14(7-8-16(15)22-6-2)17(19)18-13(3)11-20-4/h7-8,10,13H,5-6,9,11-12H2,1-4H3,(H,18,19)/t13-/m1/s1. The Balaban J connectivity index is 2.82. The summed E-state index contributed by atoms with van der Waals surface area (Å²) in [5.41, 5.74) is 1.49. The average Bonchev–Trinajstić information content (AvgIpc) is 2.49. The van der Waals surface area contributed by atoms with E-state index >= 15 is 0 Å². The molecule has 124 valence electrons. The Hall–Kier alpha value is -1.59. The van der Waals surface area contributed by atoms with E-state index in [0.29, 0.717) is 32.0 Å². The van der Waals surface area contributed by atoms with Gasteiger partial charge in [0, 0.05) is 30.9 Å². The highest BCUT2D eigenvalue weighted by Gasteiger charge is 2.13. The van der Waals surface area contributed by atoms with Crippen molar-refractivity contribution in [2.24, 2.45) is 0 Å². The lowest BCUT2D eigenvalue weighted by atomic mass is 10.1. The molecular weight excluding hydrogens is 282 g/mol. The maximum atomic E-state index is 12.2. The Morgan fingerprint density at radius 2 is 2.09 bits per heavy atom. The lowest BCUT2D eigenvalue weighted by molar-refractivity contribution is 0.0904. The summed E-state index contributed by atoms with van der Waals surface area (Å²) < 4.78 is 16.2. The van der Waals surface area contributed by atoms with Gasteiger partial charge in [0.05, 0.1) is 19.8 Å². The fourth-order valence-corrected chi connectivity index (χ4v) is 2.06. The van der Waals surface area contributed by atoms with Crippen LogP contribution in [0.4, 0.5) is 0 Å². The zero-order valence-electron chi connectivity index (χ0n) is 14.0. The van der Waals surface area contributed by atoms with Crippen molar-refractivity contribution in [1.29, 1.82) is 0 Å². The molecule has 22 heavy (non-hydrogen) atoms. The van der Waals surface area contributed by atoms with E-state index in [1.165, 1.54) is 0 Å². The zero-order valence-corrected chi connectivity index (χ0v) is 14.0. The summed E-state index contributed by atoms with van der Waals surface area (Å²) in [6, 6.07) is 5.38. The number of hydrogen-bond donors (Lipinski definition) is 1. The number of rotatable bonds is 10. The highest BCUT2D eigenvalue weighted by Crippen LogP contribution is 2.21. The molecule has 0 unspecified atom stereocenters. The van der Waals surface area contributed by atoms with Gasteiger partial charge in [0.15, 0.2) is 0 Å². The highest BCUT2D eigenvalue weighted by atomic mass is 16.5. The number of nitrogens with one attached hydrogen (secondary N) is 1. The van der Waals surface area contributed by atoms with E-state index in [1.807, 2.05) is 26.0 Å². The van der Waals surface area contributed by atoms with Gasteiger partial charge in [-0.3, -0.25) is 4.79 Å². The lowest BCUT2D eigenvalue weighted by Gasteiger charge is -2.15. The largest absolute Gasteiger partial charge is 0.494 e. The van der Waals surface area contributed by atoms with Gasteiger partial charge >= 0.3 is 0 Å². The van der Waals surface area contributed by atoms with Crippen LogP contribution in [0.3, 0.4) is 0 Å². The molecule has 5 nitrogen and oxygen atoms in total. The van der Waals surface area contributed by atoms with E-state index in [-0.39, 0.29) is 11.9 Å². The van der Waals surface area contributed by atoms with Crippen molar-refractivity contribution in [2.75, 3.05) is 26.9 Å². The summed E-state index contributed by atoms with van der Waals surface area (Å²) in [6.07, 6.45) is 0.957. The van der Waals surface area contributed by atoms with E-state index < -0.39 is 0 Å². The van der Waals surface area contributed by atoms with Crippen molar-refractivity contribution in [1.82, 2.24) is 5.32 Å². The first-order chi connectivity index (χ1) is 10.6. The van der Waals surface area contributed by atoms with Gasteiger partial charge in [-0.15, -0.1) is 0 Å². The predicted octanol–water partition coefficient (Wildman–Crippen LogP) is 2.78. The van der Waals surface area contributed by atoms with Gasteiger partial charge < -0.3 is 19.5 Å². The molecule has 0 fully saturated rings. The highest BCUT2D eigenvalue weighted by molar-refractivity contribution is 5.94. The molecule has 1 atom stereocenters. The molecule has 0 aliphatic heterocycles. The van der Waals surface area contributed by atoms with Gasteiger partial charge in [0.2, 0.25) is 0 Å². The van der Waals surface area contributed by atoms with Crippen LogP contribution in [0.5, 0.6) is 5.75 Å². The Bertz CT molecular complexity index is 462. The molecule has 0 saturated heterocycles. The fourth-order valence-electron chi connectivity index (χ4n) is 2.06. The molecule has 1 aromatic rings. The molecule has 0 aliphatic carbocycles. The summed E-state index contributed by atoms with van der Waals surface area (Å²) in [6.45, 7) is 8.09. The topological polar surface area (TPSA) is 56.8 Å². The van der Waals surface area contributed by atoms with E-state index in [2.05, 4.69) is 12.2 Å². The first-order valence-corrected chi connectivity index (χ1v) is 7.75. The normalized spacial score (nSPS) is 12.0. The summed E-state index contributed by atoms with van der Waals surface area (Å²) in [4.78, 5) is 12.2. The quantitative estimate of drug-likeness (QED) is 0.675.